The molecule has 0 spiro atoms. The Labute approximate surface area is 191 Å². The van der Waals surface area contributed by atoms with Crippen LogP contribution in [0.3, 0.4) is 0 Å². The van der Waals surface area contributed by atoms with Gasteiger partial charge in [-0.3, -0.25) is 9.36 Å². The quantitative estimate of drug-likeness (QED) is 0.359. The predicted octanol–water partition coefficient (Wildman–Crippen LogP) is 4.29. The number of amides is 1. The fourth-order valence-electron chi connectivity index (χ4n) is 3.38. The van der Waals surface area contributed by atoms with E-state index in [0.29, 0.717) is 42.2 Å². The fraction of sp³-hybridized carbons (Fsp3) is 0.208. The standard InChI is InChI=1S/C24H24N4O3S/c1-3-14-27(18-10-6-5-7-11-18)22(29)17-32-24-26-25-23(28(24)15-4-2)21-16-30-19-12-8-9-13-20(19)31-21/h3-13,21H,1-2,14-17H2/t21-/m1/s1. The smallest absolute Gasteiger partial charge is 0.237 e. The van der Waals surface area contributed by atoms with Crippen molar-refractivity contribution in [2.45, 2.75) is 17.8 Å². The molecule has 0 saturated heterocycles. The normalized spacial score (nSPS) is 14.6. The van der Waals surface area contributed by atoms with Crippen molar-refractivity contribution in [3.8, 4) is 11.5 Å². The average Bonchev–Trinajstić information content (AvgIpc) is 3.24. The molecule has 1 aliphatic heterocycles. The first-order valence-electron chi connectivity index (χ1n) is 10.2. The first kappa shape index (κ1) is 21.7. The van der Waals surface area contributed by atoms with Gasteiger partial charge in [0.1, 0.15) is 6.61 Å². The summed E-state index contributed by atoms with van der Waals surface area (Å²) in [4.78, 5) is 14.7. The van der Waals surface area contributed by atoms with Crippen LogP contribution in [0.2, 0.25) is 0 Å². The average molecular weight is 449 g/mol. The highest BCUT2D eigenvalue weighted by atomic mass is 32.2. The second-order valence-electron chi connectivity index (χ2n) is 7.02. The van der Waals surface area contributed by atoms with E-state index in [1.807, 2.05) is 59.2 Å². The summed E-state index contributed by atoms with van der Waals surface area (Å²) in [6, 6.07) is 17.1. The van der Waals surface area contributed by atoms with Gasteiger partial charge in [-0.05, 0) is 24.3 Å². The first-order valence-corrected chi connectivity index (χ1v) is 11.2. The van der Waals surface area contributed by atoms with Gasteiger partial charge in [0.25, 0.3) is 0 Å². The zero-order chi connectivity index (χ0) is 22.3. The number of allylic oxidation sites excluding steroid dienone is 1. The fourth-order valence-corrected chi connectivity index (χ4v) is 4.22. The van der Waals surface area contributed by atoms with E-state index < -0.39 is 6.10 Å². The van der Waals surface area contributed by atoms with Crippen LogP contribution in [0.5, 0.6) is 11.5 Å². The minimum absolute atomic E-state index is 0.0398. The van der Waals surface area contributed by atoms with Gasteiger partial charge < -0.3 is 14.4 Å². The Morgan fingerprint density at radius 1 is 1.09 bits per heavy atom. The monoisotopic (exact) mass is 448 g/mol. The van der Waals surface area contributed by atoms with Crippen LogP contribution in [0.1, 0.15) is 11.9 Å². The maximum atomic E-state index is 13.0. The number of ether oxygens (including phenoxy) is 2. The largest absolute Gasteiger partial charge is 0.485 e. The number of rotatable bonds is 9. The number of thioether (sulfide) groups is 1. The lowest BCUT2D eigenvalue weighted by atomic mass is 10.2. The number of hydrogen-bond donors (Lipinski definition) is 0. The van der Waals surface area contributed by atoms with Crippen LogP contribution in [0, 0.1) is 0 Å². The lowest BCUT2D eigenvalue weighted by molar-refractivity contribution is -0.116. The van der Waals surface area contributed by atoms with Gasteiger partial charge in [-0.15, -0.1) is 23.4 Å². The Morgan fingerprint density at radius 3 is 2.59 bits per heavy atom. The lowest BCUT2D eigenvalue weighted by Crippen LogP contribution is -2.32. The van der Waals surface area contributed by atoms with Crippen LogP contribution in [0.25, 0.3) is 0 Å². The van der Waals surface area contributed by atoms with E-state index in [-0.39, 0.29) is 11.7 Å². The van der Waals surface area contributed by atoms with Gasteiger partial charge >= 0.3 is 0 Å². The third-order valence-electron chi connectivity index (χ3n) is 4.86. The molecule has 1 aromatic heterocycles. The number of para-hydroxylation sites is 3. The van der Waals surface area contributed by atoms with Crippen molar-refractivity contribution in [1.82, 2.24) is 14.8 Å². The van der Waals surface area contributed by atoms with E-state index in [9.17, 15) is 4.79 Å². The third kappa shape index (κ3) is 4.70. The number of anilines is 1. The van der Waals surface area contributed by atoms with Gasteiger partial charge in [-0.25, -0.2) is 0 Å². The Bertz CT molecular complexity index is 1100. The molecule has 1 aliphatic rings. The van der Waals surface area contributed by atoms with Crippen LogP contribution in [-0.4, -0.2) is 39.6 Å². The molecule has 32 heavy (non-hydrogen) atoms. The van der Waals surface area contributed by atoms with Crippen molar-refractivity contribution in [2.75, 3.05) is 23.8 Å². The van der Waals surface area contributed by atoms with E-state index in [1.54, 1.807) is 17.1 Å². The van der Waals surface area contributed by atoms with Gasteiger partial charge in [-0.2, -0.15) is 0 Å². The van der Waals surface area contributed by atoms with Crippen molar-refractivity contribution < 1.29 is 14.3 Å². The van der Waals surface area contributed by atoms with Crippen LogP contribution in [0.4, 0.5) is 5.69 Å². The van der Waals surface area contributed by atoms with E-state index in [4.69, 9.17) is 9.47 Å². The van der Waals surface area contributed by atoms with Crippen LogP contribution >= 0.6 is 11.8 Å². The van der Waals surface area contributed by atoms with Crippen LogP contribution in [0.15, 0.2) is 85.1 Å². The zero-order valence-electron chi connectivity index (χ0n) is 17.6. The summed E-state index contributed by atoms with van der Waals surface area (Å²) >= 11 is 1.33. The summed E-state index contributed by atoms with van der Waals surface area (Å²) in [5.74, 6) is 2.19. The highest BCUT2D eigenvalue weighted by Crippen LogP contribution is 2.36. The maximum Gasteiger partial charge on any atom is 0.237 e. The Morgan fingerprint density at radius 2 is 1.84 bits per heavy atom. The number of fused-ring (bicyclic) bond motifs is 1. The molecule has 8 heteroatoms. The van der Waals surface area contributed by atoms with Gasteiger partial charge in [0, 0.05) is 18.8 Å². The third-order valence-corrected chi connectivity index (χ3v) is 5.81. The molecule has 0 aliphatic carbocycles. The molecule has 0 bridgehead atoms. The number of nitrogens with zero attached hydrogens (tertiary/aromatic N) is 4. The summed E-state index contributed by atoms with van der Waals surface area (Å²) in [5, 5.41) is 9.29. The predicted molar refractivity (Wildman–Crippen MR) is 125 cm³/mol. The van der Waals surface area contributed by atoms with E-state index in [0.717, 1.165) is 5.69 Å². The van der Waals surface area contributed by atoms with Crippen LogP contribution < -0.4 is 14.4 Å². The molecule has 0 N–H and O–H groups in total. The van der Waals surface area contributed by atoms with Crippen molar-refractivity contribution in [3.05, 3.63) is 85.7 Å². The van der Waals surface area contributed by atoms with Gasteiger partial charge in [-0.1, -0.05) is 54.2 Å². The molecule has 1 atom stereocenters. The number of hydrogen-bond acceptors (Lipinski definition) is 6. The van der Waals surface area contributed by atoms with Gasteiger partial charge in [0.2, 0.25) is 5.91 Å². The minimum atomic E-state index is -0.399. The molecule has 2 heterocycles. The molecule has 164 valence electrons. The first-order chi connectivity index (χ1) is 15.7. The minimum Gasteiger partial charge on any atom is -0.485 e. The molecule has 0 fully saturated rings. The SMILES string of the molecule is C=CCN(C(=O)CSc1nnc([C@H]2COc3ccccc3O2)n1CC=C)c1ccccc1. The van der Waals surface area contributed by atoms with Gasteiger partial charge in [0.15, 0.2) is 28.6 Å². The summed E-state index contributed by atoms with van der Waals surface area (Å²) < 4.78 is 13.8. The zero-order valence-corrected chi connectivity index (χ0v) is 18.4. The number of aromatic nitrogens is 3. The molecule has 0 unspecified atom stereocenters. The molecule has 0 radical (unpaired) electrons. The number of carbonyl (C=O) groups is 1. The number of benzene rings is 2. The second-order valence-corrected chi connectivity index (χ2v) is 7.96. The van der Waals surface area contributed by atoms with Crippen molar-refractivity contribution in [2.24, 2.45) is 0 Å². The molecule has 2 aromatic carbocycles. The Balaban J connectivity index is 1.50. The second kappa shape index (κ2) is 10.2. The molecule has 0 saturated carbocycles. The molecule has 3 aromatic rings. The topological polar surface area (TPSA) is 69.5 Å². The van der Waals surface area contributed by atoms with Crippen LogP contribution in [-0.2, 0) is 11.3 Å². The van der Waals surface area contributed by atoms with E-state index >= 15 is 0 Å². The molecular formula is C24H24N4O3S. The summed E-state index contributed by atoms with van der Waals surface area (Å²) in [7, 11) is 0. The van der Waals surface area contributed by atoms with Crippen molar-refractivity contribution in [1.29, 1.82) is 0 Å². The highest BCUT2D eigenvalue weighted by molar-refractivity contribution is 7.99. The molecule has 4 rings (SSSR count). The lowest BCUT2D eigenvalue weighted by Gasteiger charge is -2.26. The number of carbonyl (C=O) groups excluding carboxylic acids is 1. The van der Waals surface area contributed by atoms with E-state index in [2.05, 4.69) is 23.4 Å². The molecule has 7 nitrogen and oxygen atoms in total. The Hall–Kier alpha value is -3.52. The van der Waals surface area contributed by atoms with Crippen molar-refractivity contribution >= 4 is 23.4 Å². The van der Waals surface area contributed by atoms with E-state index in [1.165, 1.54) is 11.8 Å². The maximum absolute atomic E-state index is 13.0. The molecule has 1 amide bonds. The van der Waals surface area contributed by atoms with Crippen molar-refractivity contribution in [3.63, 3.8) is 0 Å². The molecular weight excluding hydrogens is 424 g/mol. The highest BCUT2D eigenvalue weighted by Gasteiger charge is 2.28. The summed E-state index contributed by atoms with van der Waals surface area (Å²) in [5.41, 5.74) is 0.831. The Kier molecular flexibility index (Phi) is 6.91. The summed E-state index contributed by atoms with van der Waals surface area (Å²) in [6.07, 6.45) is 3.08. The van der Waals surface area contributed by atoms with Gasteiger partial charge in [0.05, 0.1) is 5.75 Å². The summed E-state index contributed by atoms with van der Waals surface area (Å²) in [6.45, 7) is 8.87.